The molecule has 5 rings (SSSR count). The third-order valence-corrected chi connectivity index (χ3v) is 7.09. The van der Waals surface area contributed by atoms with Gasteiger partial charge in [0.05, 0.1) is 20.8 Å². The van der Waals surface area contributed by atoms with Crippen LogP contribution in [0.1, 0.15) is 25.7 Å². The normalized spacial score (nSPS) is 18.8. The fourth-order valence-electron chi connectivity index (χ4n) is 3.92. The lowest BCUT2D eigenvalue weighted by atomic mass is 9.97. The quantitative estimate of drug-likeness (QED) is 0.561. The van der Waals surface area contributed by atoms with Crippen LogP contribution in [0, 0.1) is 0 Å². The number of nitrogens with zero attached hydrogens (tertiary/aromatic N) is 2. The summed E-state index contributed by atoms with van der Waals surface area (Å²) in [6.45, 7) is 0. The van der Waals surface area contributed by atoms with Crippen LogP contribution in [0.4, 0.5) is 0 Å². The van der Waals surface area contributed by atoms with Gasteiger partial charge in [-0.1, -0.05) is 54.9 Å². The van der Waals surface area contributed by atoms with E-state index in [0.29, 0.717) is 0 Å². The molecular weight excluding hydrogens is 332 g/mol. The third kappa shape index (κ3) is 2.32. The van der Waals surface area contributed by atoms with E-state index >= 15 is 0 Å². The van der Waals surface area contributed by atoms with Crippen LogP contribution in [0.5, 0.6) is 0 Å². The fraction of sp³-hybridized carbons (Fsp3) is 0.250. The highest BCUT2D eigenvalue weighted by Crippen LogP contribution is 2.52. The second-order valence-electron chi connectivity index (χ2n) is 6.51. The van der Waals surface area contributed by atoms with Gasteiger partial charge in [0.15, 0.2) is 5.16 Å². The molecular formula is C20H18N2S2. The monoisotopic (exact) mass is 350 g/mol. The van der Waals surface area contributed by atoms with Gasteiger partial charge >= 0.3 is 0 Å². The number of hydrogen-bond acceptors (Lipinski definition) is 3. The second-order valence-corrected chi connectivity index (χ2v) is 8.89. The van der Waals surface area contributed by atoms with Gasteiger partial charge in [-0.05, 0) is 54.9 Å². The molecule has 0 unspecified atom stereocenters. The number of imidazole rings is 1. The molecule has 1 spiro atoms. The molecule has 1 saturated carbocycles. The molecule has 1 aliphatic carbocycles. The summed E-state index contributed by atoms with van der Waals surface area (Å²) in [6.07, 6.45) is 7.57. The number of aromatic nitrogens is 2. The van der Waals surface area contributed by atoms with Gasteiger partial charge in [0, 0.05) is 4.90 Å². The standard InChI is InChI=1S/C20H18N2S2/c1-2-8-15(9-3-1)23-18-14-20(12-6-7-13-20)22-17-11-5-4-10-16(17)21-19(22)24-18/h1-5,8-11,14H,6-7,12-13H2. The number of fused-ring (bicyclic) bond motifs is 4. The molecule has 2 heterocycles. The maximum absolute atomic E-state index is 4.94. The molecule has 1 aliphatic heterocycles. The van der Waals surface area contributed by atoms with Gasteiger partial charge in [-0.3, -0.25) is 0 Å². The van der Waals surface area contributed by atoms with Crippen molar-refractivity contribution in [3.05, 3.63) is 64.9 Å². The van der Waals surface area contributed by atoms with Gasteiger partial charge in [0.25, 0.3) is 0 Å². The van der Waals surface area contributed by atoms with Gasteiger partial charge in [0.1, 0.15) is 0 Å². The molecule has 0 bridgehead atoms. The summed E-state index contributed by atoms with van der Waals surface area (Å²) in [5.41, 5.74) is 2.51. The van der Waals surface area contributed by atoms with E-state index in [2.05, 4.69) is 65.2 Å². The number of hydrogen-bond donors (Lipinski definition) is 0. The van der Waals surface area contributed by atoms with Crippen molar-refractivity contribution in [2.45, 2.75) is 41.3 Å². The number of rotatable bonds is 2. The SMILES string of the molecule is C1=C(Sc2ccccc2)Sc2nc3ccccc3n2C12CCCC2. The Hall–Kier alpha value is -1.65. The smallest absolute Gasteiger partial charge is 0.175 e. The lowest BCUT2D eigenvalue weighted by molar-refractivity contribution is 0.363. The molecule has 2 aromatic carbocycles. The molecule has 1 fully saturated rings. The first-order chi connectivity index (χ1) is 11.8. The van der Waals surface area contributed by atoms with Crippen molar-refractivity contribution in [2.24, 2.45) is 0 Å². The Bertz CT molecular complexity index is 921. The zero-order valence-electron chi connectivity index (χ0n) is 13.3. The maximum atomic E-state index is 4.94. The molecule has 24 heavy (non-hydrogen) atoms. The van der Waals surface area contributed by atoms with Crippen LogP contribution in [0.2, 0.25) is 0 Å². The first-order valence-corrected chi connectivity index (χ1v) is 10.1. The molecule has 0 N–H and O–H groups in total. The number of thioether (sulfide) groups is 2. The zero-order valence-corrected chi connectivity index (χ0v) is 14.9. The molecule has 3 aromatic rings. The highest BCUT2D eigenvalue weighted by Gasteiger charge is 2.40. The van der Waals surface area contributed by atoms with Gasteiger partial charge in [-0.25, -0.2) is 4.98 Å². The van der Waals surface area contributed by atoms with E-state index < -0.39 is 0 Å². The van der Waals surface area contributed by atoms with Crippen molar-refractivity contribution in [3.63, 3.8) is 0 Å². The summed E-state index contributed by atoms with van der Waals surface area (Å²) in [7, 11) is 0. The molecule has 2 nitrogen and oxygen atoms in total. The van der Waals surface area contributed by atoms with Gasteiger partial charge in [0.2, 0.25) is 0 Å². The molecule has 0 amide bonds. The summed E-state index contributed by atoms with van der Waals surface area (Å²) in [4.78, 5) is 6.24. The van der Waals surface area contributed by atoms with Crippen molar-refractivity contribution in [1.82, 2.24) is 9.55 Å². The van der Waals surface area contributed by atoms with E-state index in [4.69, 9.17) is 4.98 Å². The second kappa shape index (κ2) is 5.71. The Morgan fingerprint density at radius 2 is 1.71 bits per heavy atom. The first kappa shape index (κ1) is 14.7. The van der Waals surface area contributed by atoms with E-state index in [1.165, 1.54) is 40.3 Å². The molecule has 2 aliphatic rings. The van der Waals surface area contributed by atoms with Crippen molar-refractivity contribution >= 4 is 34.6 Å². The minimum Gasteiger partial charge on any atom is -0.309 e. The average Bonchev–Trinajstić information content (AvgIpc) is 3.20. The molecule has 0 atom stereocenters. The van der Waals surface area contributed by atoms with E-state index in [-0.39, 0.29) is 5.54 Å². The van der Waals surface area contributed by atoms with Crippen LogP contribution in [0.15, 0.2) is 75.0 Å². The van der Waals surface area contributed by atoms with Crippen LogP contribution < -0.4 is 0 Å². The zero-order chi connectivity index (χ0) is 16.0. The Morgan fingerprint density at radius 1 is 0.958 bits per heavy atom. The lowest BCUT2D eigenvalue weighted by Gasteiger charge is -2.34. The van der Waals surface area contributed by atoms with E-state index in [1.54, 1.807) is 0 Å². The Labute approximate surface area is 150 Å². The minimum absolute atomic E-state index is 0.119. The van der Waals surface area contributed by atoms with E-state index in [1.807, 2.05) is 23.5 Å². The minimum atomic E-state index is 0.119. The molecule has 4 heteroatoms. The van der Waals surface area contributed by atoms with E-state index in [0.717, 1.165) is 10.7 Å². The Kier molecular flexibility index (Phi) is 3.49. The number of allylic oxidation sites excluding steroid dienone is 1. The van der Waals surface area contributed by atoms with Gasteiger partial charge < -0.3 is 4.57 Å². The van der Waals surface area contributed by atoms with Crippen molar-refractivity contribution < 1.29 is 0 Å². The molecule has 1 aromatic heterocycles. The number of para-hydroxylation sites is 2. The lowest BCUT2D eigenvalue weighted by Crippen LogP contribution is -2.30. The van der Waals surface area contributed by atoms with Crippen LogP contribution in [-0.2, 0) is 5.54 Å². The summed E-state index contributed by atoms with van der Waals surface area (Å²) in [6, 6.07) is 19.2. The van der Waals surface area contributed by atoms with Crippen molar-refractivity contribution in [3.8, 4) is 0 Å². The summed E-state index contributed by atoms with van der Waals surface area (Å²) in [5, 5.41) is 1.15. The van der Waals surface area contributed by atoms with E-state index in [9.17, 15) is 0 Å². The predicted octanol–water partition coefficient (Wildman–Crippen LogP) is 6.05. The average molecular weight is 351 g/mol. The van der Waals surface area contributed by atoms with Crippen LogP contribution in [0.3, 0.4) is 0 Å². The van der Waals surface area contributed by atoms with Gasteiger partial charge in [-0.15, -0.1) is 0 Å². The highest BCUT2D eigenvalue weighted by atomic mass is 32.2. The first-order valence-electron chi connectivity index (χ1n) is 8.46. The van der Waals surface area contributed by atoms with Crippen molar-refractivity contribution in [1.29, 1.82) is 0 Å². The molecule has 0 radical (unpaired) electrons. The van der Waals surface area contributed by atoms with Crippen LogP contribution in [0.25, 0.3) is 11.0 Å². The summed E-state index contributed by atoms with van der Waals surface area (Å²) < 4.78 is 3.88. The Balaban J connectivity index is 1.63. The fourth-order valence-corrected chi connectivity index (χ4v) is 6.37. The van der Waals surface area contributed by atoms with Crippen LogP contribution in [-0.4, -0.2) is 9.55 Å². The third-order valence-electron chi connectivity index (χ3n) is 4.98. The van der Waals surface area contributed by atoms with Crippen molar-refractivity contribution in [2.75, 3.05) is 0 Å². The summed E-state index contributed by atoms with van der Waals surface area (Å²) in [5.74, 6) is 0. The largest absolute Gasteiger partial charge is 0.309 e. The van der Waals surface area contributed by atoms with Crippen LogP contribution >= 0.6 is 23.5 Å². The predicted molar refractivity (Wildman–Crippen MR) is 102 cm³/mol. The topological polar surface area (TPSA) is 17.8 Å². The Morgan fingerprint density at radius 3 is 2.54 bits per heavy atom. The molecule has 120 valence electrons. The van der Waals surface area contributed by atoms with Gasteiger partial charge in [-0.2, -0.15) is 0 Å². The molecule has 0 saturated heterocycles. The summed E-state index contributed by atoms with van der Waals surface area (Å²) >= 11 is 3.68. The highest BCUT2D eigenvalue weighted by molar-refractivity contribution is 8.22. The number of benzene rings is 2. The maximum Gasteiger partial charge on any atom is 0.175 e.